The normalized spacial score (nSPS) is 13.6. The van der Waals surface area contributed by atoms with Crippen molar-refractivity contribution in [2.75, 3.05) is 18.4 Å². The number of hydrogen-bond acceptors (Lipinski definition) is 7. The predicted octanol–water partition coefficient (Wildman–Crippen LogP) is 4.84. The van der Waals surface area contributed by atoms with Crippen LogP contribution in [-0.4, -0.2) is 39.6 Å². The van der Waals surface area contributed by atoms with Gasteiger partial charge in [0.2, 0.25) is 5.91 Å². The second-order valence-electron chi connectivity index (χ2n) is 8.32. The van der Waals surface area contributed by atoms with E-state index in [0.29, 0.717) is 24.2 Å². The zero-order valence-electron chi connectivity index (χ0n) is 18.4. The maximum Gasteiger partial charge on any atom is 0.226 e. The predicted molar refractivity (Wildman–Crippen MR) is 137 cm³/mol. The highest BCUT2D eigenvalue weighted by Crippen LogP contribution is 2.45. The SMILES string of the molecule is CC(C)NCCC(=O)Nc1sc2c(c1-c1nc3cc(-n4cnc(Cl)c4)ccc3s1)CCNC2. The first-order valence-electron chi connectivity index (χ1n) is 11.0. The molecular formula is C23H25ClN6OS2. The number of thiophene rings is 1. The zero-order chi connectivity index (χ0) is 22.9. The van der Waals surface area contributed by atoms with E-state index in [0.717, 1.165) is 51.0 Å². The highest BCUT2D eigenvalue weighted by Gasteiger charge is 2.25. The van der Waals surface area contributed by atoms with Gasteiger partial charge < -0.3 is 20.5 Å². The fourth-order valence-corrected chi connectivity index (χ4v) is 6.41. The Bertz CT molecular complexity index is 1310. The Balaban J connectivity index is 1.48. The van der Waals surface area contributed by atoms with Crippen LogP contribution >= 0.6 is 34.3 Å². The summed E-state index contributed by atoms with van der Waals surface area (Å²) in [7, 11) is 0. The number of nitrogens with one attached hydrogen (secondary N) is 3. The van der Waals surface area contributed by atoms with E-state index in [1.165, 1.54) is 10.4 Å². The highest BCUT2D eigenvalue weighted by molar-refractivity contribution is 7.23. The molecule has 0 spiro atoms. The van der Waals surface area contributed by atoms with Crippen LogP contribution in [0.4, 0.5) is 5.00 Å². The van der Waals surface area contributed by atoms with E-state index in [9.17, 15) is 4.79 Å². The van der Waals surface area contributed by atoms with Gasteiger partial charge in [0.05, 0.1) is 10.2 Å². The first kappa shape index (κ1) is 22.5. The third-order valence-corrected chi connectivity index (χ3v) is 7.92. The summed E-state index contributed by atoms with van der Waals surface area (Å²) in [6.45, 7) is 6.58. The van der Waals surface area contributed by atoms with Crippen LogP contribution in [0.15, 0.2) is 30.7 Å². The van der Waals surface area contributed by atoms with Gasteiger partial charge in [-0.15, -0.1) is 22.7 Å². The Morgan fingerprint density at radius 1 is 1.33 bits per heavy atom. The fourth-order valence-electron chi connectivity index (χ4n) is 3.94. The lowest BCUT2D eigenvalue weighted by Crippen LogP contribution is -2.27. The molecule has 0 aliphatic carbocycles. The van der Waals surface area contributed by atoms with Gasteiger partial charge in [-0.1, -0.05) is 25.4 Å². The molecule has 3 aromatic heterocycles. The molecule has 4 heterocycles. The summed E-state index contributed by atoms with van der Waals surface area (Å²) in [5, 5.41) is 12.2. The summed E-state index contributed by atoms with van der Waals surface area (Å²) >= 11 is 9.31. The quantitative estimate of drug-likeness (QED) is 0.338. The molecule has 0 saturated heterocycles. The number of carbonyl (C=O) groups is 1. The van der Waals surface area contributed by atoms with Gasteiger partial charge in [-0.2, -0.15) is 0 Å². The molecule has 3 N–H and O–H groups in total. The molecule has 0 saturated carbocycles. The van der Waals surface area contributed by atoms with Crippen LogP contribution in [0, 0.1) is 0 Å². The number of thiazole rings is 1. The number of imidazole rings is 1. The van der Waals surface area contributed by atoms with Gasteiger partial charge in [0.25, 0.3) is 0 Å². The third kappa shape index (κ3) is 4.83. The van der Waals surface area contributed by atoms with Crippen LogP contribution in [0.5, 0.6) is 0 Å². The lowest BCUT2D eigenvalue weighted by Gasteiger charge is -2.13. The second kappa shape index (κ2) is 9.52. The molecule has 1 aliphatic heterocycles. The number of hydrogen-bond donors (Lipinski definition) is 3. The van der Waals surface area contributed by atoms with Crippen LogP contribution in [0.3, 0.4) is 0 Å². The van der Waals surface area contributed by atoms with Crippen LogP contribution in [0.2, 0.25) is 5.15 Å². The van der Waals surface area contributed by atoms with E-state index in [4.69, 9.17) is 16.6 Å². The zero-order valence-corrected chi connectivity index (χ0v) is 20.8. The molecule has 1 amide bonds. The molecule has 0 radical (unpaired) electrons. The summed E-state index contributed by atoms with van der Waals surface area (Å²) in [5.74, 6) is 0.0244. The minimum atomic E-state index is 0.0244. The lowest BCUT2D eigenvalue weighted by molar-refractivity contribution is -0.116. The number of benzene rings is 1. The summed E-state index contributed by atoms with van der Waals surface area (Å²) in [6.07, 6.45) is 4.84. The number of anilines is 1. The summed E-state index contributed by atoms with van der Waals surface area (Å²) in [4.78, 5) is 23.0. The van der Waals surface area contributed by atoms with Gasteiger partial charge in [0.15, 0.2) is 0 Å². The monoisotopic (exact) mass is 500 g/mol. The number of carbonyl (C=O) groups excluding carboxylic acids is 1. The molecule has 0 bridgehead atoms. The van der Waals surface area contributed by atoms with E-state index in [2.05, 4.69) is 40.8 Å². The van der Waals surface area contributed by atoms with E-state index in [1.54, 1.807) is 35.2 Å². The Hall–Kier alpha value is -2.30. The van der Waals surface area contributed by atoms with Crippen molar-refractivity contribution in [3.05, 3.63) is 46.3 Å². The molecule has 1 aromatic carbocycles. The van der Waals surface area contributed by atoms with Gasteiger partial charge in [-0.25, -0.2) is 9.97 Å². The molecule has 4 aromatic rings. The summed E-state index contributed by atoms with van der Waals surface area (Å²) in [5.41, 5.74) is 4.26. The van der Waals surface area contributed by atoms with Crippen LogP contribution in [0.25, 0.3) is 26.5 Å². The van der Waals surface area contributed by atoms with Crippen molar-refractivity contribution >= 4 is 55.4 Å². The molecule has 7 nitrogen and oxygen atoms in total. The van der Waals surface area contributed by atoms with Crippen molar-refractivity contribution in [3.63, 3.8) is 0 Å². The first-order chi connectivity index (χ1) is 16.0. The number of amides is 1. The van der Waals surface area contributed by atoms with Crippen LogP contribution in [-0.2, 0) is 17.8 Å². The Morgan fingerprint density at radius 3 is 3.00 bits per heavy atom. The molecule has 0 atom stereocenters. The van der Waals surface area contributed by atoms with E-state index in [1.807, 2.05) is 16.7 Å². The third-order valence-electron chi connectivity index (χ3n) is 5.52. The number of halogens is 1. The molecule has 5 rings (SSSR count). The molecule has 1 aliphatic rings. The molecule has 0 fully saturated rings. The minimum absolute atomic E-state index is 0.0244. The smallest absolute Gasteiger partial charge is 0.226 e. The van der Waals surface area contributed by atoms with E-state index >= 15 is 0 Å². The standard InChI is InChI=1S/C23H25ClN6OS2/c1-13(2)26-8-6-20(31)29-23-21(15-5-7-25-10-18(15)33-23)22-28-16-9-14(3-4-17(16)32-22)30-11-19(24)27-12-30/h3-4,9,11-13,25-26H,5-8,10H2,1-2H3,(H,29,31). The average Bonchev–Trinajstić information content (AvgIpc) is 3.48. The van der Waals surface area contributed by atoms with Crippen molar-refractivity contribution in [1.29, 1.82) is 0 Å². The van der Waals surface area contributed by atoms with Gasteiger partial charge in [0.1, 0.15) is 21.5 Å². The van der Waals surface area contributed by atoms with Gasteiger partial charge in [0, 0.05) is 47.9 Å². The van der Waals surface area contributed by atoms with E-state index < -0.39 is 0 Å². The molecular weight excluding hydrogens is 476 g/mol. The maximum atomic E-state index is 12.7. The van der Waals surface area contributed by atoms with Crippen molar-refractivity contribution in [2.45, 2.75) is 39.3 Å². The fraction of sp³-hybridized carbons (Fsp3) is 0.348. The molecule has 33 heavy (non-hydrogen) atoms. The Morgan fingerprint density at radius 2 is 2.21 bits per heavy atom. The van der Waals surface area contributed by atoms with Gasteiger partial charge in [-0.3, -0.25) is 4.79 Å². The number of nitrogens with zero attached hydrogens (tertiary/aromatic N) is 3. The largest absolute Gasteiger partial charge is 0.317 e. The highest BCUT2D eigenvalue weighted by atomic mass is 35.5. The van der Waals surface area contributed by atoms with Crippen LogP contribution < -0.4 is 16.0 Å². The Kier molecular flexibility index (Phi) is 6.49. The van der Waals surface area contributed by atoms with Crippen molar-refractivity contribution in [1.82, 2.24) is 25.2 Å². The summed E-state index contributed by atoms with van der Waals surface area (Å²) < 4.78 is 2.99. The van der Waals surface area contributed by atoms with Crippen LogP contribution in [0.1, 0.15) is 30.7 Å². The van der Waals surface area contributed by atoms with Crippen molar-refractivity contribution < 1.29 is 4.79 Å². The second-order valence-corrected chi connectivity index (χ2v) is 10.8. The van der Waals surface area contributed by atoms with E-state index in [-0.39, 0.29) is 5.91 Å². The van der Waals surface area contributed by atoms with Gasteiger partial charge in [-0.05, 0) is 36.7 Å². The Labute approximate surface area is 205 Å². The number of aromatic nitrogens is 3. The topological polar surface area (TPSA) is 83.9 Å². The molecule has 0 unspecified atom stereocenters. The minimum Gasteiger partial charge on any atom is -0.317 e. The summed E-state index contributed by atoms with van der Waals surface area (Å²) in [6, 6.07) is 6.53. The number of rotatable bonds is 7. The lowest BCUT2D eigenvalue weighted by atomic mass is 10.0. The number of fused-ring (bicyclic) bond motifs is 2. The van der Waals surface area contributed by atoms with Gasteiger partial charge >= 0.3 is 0 Å². The molecule has 172 valence electrons. The first-order valence-corrected chi connectivity index (χ1v) is 13.0. The maximum absolute atomic E-state index is 12.7. The average molecular weight is 501 g/mol. The van der Waals surface area contributed by atoms with Crippen molar-refractivity contribution in [3.8, 4) is 16.3 Å². The molecule has 10 heteroatoms. The van der Waals surface area contributed by atoms with Crippen molar-refractivity contribution in [2.24, 2.45) is 0 Å².